The van der Waals surface area contributed by atoms with Crippen LogP contribution in [-0.2, 0) is 4.79 Å². The number of para-hydroxylation sites is 1. The quantitative estimate of drug-likeness (QED) is 0.583. The molecule has 1 aliphatic rings. The van der Waals surface area contributed by atoms with Crippen molar-refractivity contribution in [3.05, 3.63) is 88.4 Å². The first kappa shape index (κ1) is 20.3. The predicted molar refractivity (Wildman–Crippen MR) is 117 cm³/mol. The Hall–Kier alpha value is -2.99. The molecule has 1 fully saturated rings. The van der Waals surface area contributed by atoms with Gasteiger partial charge < -0.3 is 5.32 Å². The summed E-state index contributed by atoms with van der Waals surface area (Å²) in [5, 5.41) is 4.89. The molecule has 0 saturated heterocycles. The van der Waals surface area contributed by atoms with Crippen molar-refractivity contribution in [2.75, 3.05) is 4.90 Å². The van der Waals surface area contributed by atoms with E-state index in [4.69, 9.17) is 0 Å². The Morgan fingerprint density at radius 3 is 2.33 bits per heavy atom. The summed E-state index contributed by atoms with van der Waals surface area (Å²) < 4.78 is 14.9. The number of thiophene rings is 1. The fourth-order valence-corrected chi connectivity index (χ4v) is 4.60. The SMILES string of the molecule is O=C(NC1CCCC1)C(c1ccccc1)N(C(=O)c1cccs1)c1ccccc1F. The molecule has 0 radical (unpaired) electrons. The van der Waals surface area contributed by atoms with Crippen molar-refractivity contribution in [3.63, 3.8) is 0 Å². The third-order valence-corrected chi connectivity index (χ3v) is 6.24. The summed E-state index contributed by atoms with van der Waals surface area (Å²) in [6.07, 6.45) is 4.00. The van der Waals surface area contributed by atoms with Gasteiger partial charge in [0.1, 0.15) is 11.9 Å². The lowest BCUT2D eigenvalue weighted by Crippen LogP contribution is -2.46. The highest BCUT2D eigenvalue weighted by atomic mass is 32.1. The van der Waals surface area contributed by atoms with E-state index in [1.165, 1.54) is 22.3 Å². The average Bonchev–Trinajstić information content (AvgIpc) is 3.47. The second-order valence-electron chi connectivity index (χ2n) is 7.41. The lowest BCUT2D eigenvalue weighted by molar-refractivity contribution is -0.123. The molecule has 30 heavy (non-hydrogen) atoms. The molecule has 4 rings (SSSR count). The van der Waals surface area contributed by atoms with Crippen molar-refractivity contribution in [2.45, 2.75) is 37.8 Å². The van der Waals surface area contributed by atoms with Gasteiger partial charge in [-0.3, -0.25) is 14.5 Å². The van der Waals surface area contributed by atoms with Gasteiger partial charge in [0.2, 0.25) is 5.91 Å². The molecule has 1 aromatic heterocycles. The summed E-state index contributed by atoms with van der Waals surface area (Å²) in [7, 11) is 0. The molecule has 2 amide bonds. The van der Waals surface area contributed by atoms with Gasteiger partial charge in [-0.25, -0.2) is 4.39 Å². The van der Waals surface area contributed by atoms with Crippen LogP contribution in [0.5, 0.6) is 0 Å². The van der Waals surface area contributed by atoms with Crippen molar-refractivity contribution in [1.29, 1.82) is 0 Å². The van der Waals surface area contributed by atoms with Crippen LogP contribution < -0.4 is 10.2 Å². The lowest BCUT2D eigenvalue weighted by atomic mass is 10.0. The molecular weight excluding hydrogens is 399 g/mol. The first-order valence-corrected chi connectivity index (χ1v) is 11.0. The number of nitrogens with one attached hydrogen (secondary N) is 1. The number of halogens is 1. The second-order valence-corrected chi connectivity index (χ2v) is 8.35. The molecule has 1 N–H and O–H groups in total. The van der Waals surface area contributed by atoms with Gasteiger partial charge in [-0.05, 0) is 42.0 Å². The van der Waals surface area contributed by atoms with E-state index in [0.29, 0.717) is 10.4 Å². The van der Waals surface area contributed by atoms with Gasteiger partial charge in [-0.2, -0.15) is 0 Å². The smallest absolute Gasteiger partial charge is 0.269 e. The van der Waals surface area contributed by atoms with Gasteiger partial charge in [0.25, 0.3) is 5.91 Å². The van der Waals surface area contributed by atoms with Gasteiger partial charge in [-0.1, -0.05) is 61.4 Å². The van der Waals surface area contributed by atoms with Crippen LogP contribution in [0.3, 0.4) is 0 Å². The van der Waals surface area contributed by atoms with Crippen molar-refractivity contribution in [3.8, 4) is 0 Å². The molecule has 1 aliphatic carbocycles. The van der Waals surface area contributed by atoms with E-state index < -0.39 is 17.8 Å². The van der Waals surface area contributed by atoms with E-state index >= 15 is 0 Å². The average molecular weight is 423 g/mol. The Bertz CT molecular complexity index is 1000. The molecule has 1 unspecified atom stereocenters. The second kappa shape index (κ2) is 9.22. The number of rotatable bonds is 6. The maximum Gasteiger partial charge on any atom is 0.269 e. The molecule has 154 valence electrons. The van der Waals surface area contributed by atoms with Crippen molar-refractivity contribution in [2.24, 2.45) is 0 Å². The molecule has 1 atom stereocenters. The number of hydrogen-bond acceptors (Lipinski definition) is 3. The first-order valence-electron chi connectivity index (χ1n) is 10.1. The Kier molecular flexibility index (Phi) is 6.23. The van der Waals surface area contributed by atoms with Gasteiger partial charge in [0, 0.05) is 6.04 Å². The molecule has 0 aliphatic heterocycles. The zero-order valence-corrected chi connectivity index (χ0v) is 17.3. The number of anilines is 1. The first-order chi connectivity index (χ1) is 14.6. The third-order valence-electron chi connectivity index (χ3n) is 5.39. The summed E-state index contributed by atoms with van der Waals surface area (Å²) in [6.45, 7) is 0. The van der Waals surface area contributed by atoms with Crippen LogP contribution in [0.1, 0.15) is 47.0 Å². The summed E-state index contributed by atoms with van der Waals surface area (Å²) in [5.74, 6) is -1.23. The monoisotopic (exact) mass is 422 g/mol. The topological polar surface area (TPSA) is 49.4 Å². The van der Waals surface area contributed by atoms with Crippen LogP contribution in [0.25, 0.3) is 0 Å². The normalized spacial score (nSPS) is 15.0. The number of carbonyl (C=O) groups excluding carboxylic acids is 2. The minimum absolute atomic E-state index is 0.0861. The van der Waals surface area contributed by atoms with E-state index in [1.54, 1.807) is 47.8 Å². The standard InChI is InChI=1S/C24H23FN2O2S/c25-19-13-6-7-14-20(19)27(24(29)21-15-8-16-30-21)22(17-9-2-1-3-10-17)23(28)26-18-11-4-5-12-18/h1-3,6-10,13-16,18,22H,4-5,11-12H2,(H,26,28). The number of nitrogens with zero attached hydrogens (tertiary/aromatic N) is 1. The maximum absolute atomic E-state index is 14.9. The number of hydrogen-bond donors (Lipinski definition) is 1. The van der Waals surface area contributed by atoms with Crippen molar-refractivity contribution < 1.29 is 14.0 Å². The fraction of sp³-hybridized carbons (Fsp3) is 0.250. The number of amides is 2. The summed E-state index contributed by atoms with van der Waals surface area (Å²) in [4.78, 5) is 28.7. The molecule has 6 heteroatoms. The Balaban J connectivity index is 1.80. The highest BCUT2D eigenvalue weighted by molar-refractivity contribution is 7.12. The number of carbonyl (C=O) groups is 2. The molecule has 3 aromatic rings. The molecule has 1 heterocycles. The Morgan fingerprint density at radius 1 is 0.967 bits per heavy atom. The van der Waals surface area contributed by atoms with Crippen LogP contribution in [0.2, 0.25) is 0 Å². The molecule has 4 nitrogen and oxygen atoms in total. The summed E-state index contributed by atoms with van der Waals surface area (Å²) in [5.41, 5.74) is 0.729. The molecule has 1 saturated carbocycles. The fourth-order valence-electron chi connectivity index (χ4n) is 3.94. The highest BCUT2D eigenvalue weighted by Crippen LogP contribution is 2.33. The molecule has 0 spiro atoms. The van der Waals surface area contributed by atoms with Crippen LogP contribution in [0.15, 0.2) is 72.1 Å². The van der Waals surface area contributed by atoms with Gasteiger partial charge >= 0.3 is 0 Å². The van der Waals surface area contributed by atoms with E-state index in [9.17, 15) is 14.0 Å². The highest BCUT2D eigenvalue weighted by Gasteiger charge is 2.36. The lowest BCUT2D eigenvalue weighted by Gasteiger charge is -2.32. The molecular formula is C24H23FN2O2S. The Labute approximate surface area is 179 Å². The zero-order chi connectivity index (χ0) is 20.9. The summed E-state index contributed by atoms with van der Waals surface area (Å²) >= 11 is 1.27. The van der Waals surface area contributed by atoms with Gasteiger partial charge in [-0.15, -0.1) is 11.3 Å². The van der Waals surface area contributed by atoms with Gasteiger partial charge in [0.15, 0.2) is 0 Å². The van der Waals surface area contributed by atoms with E-state index in [-0.39, 0.29) is 17.6 Å². The van der Waals surface area contributed by atoms with Crippen molar-refractivity contribution >= 4 is 28.8 Å². The van der Waals surface area contributed by atoms with Gasteiger partial charge in [0.05, 0.1) is 10.6 Å². The zero-order valence-electron chi connectivity index (χ0n) is 16.5. The Morgan fingerprint density at radius 2 is 1.67 bits per heavy atom. The van der Waals surface area contributed by atoms with Crippen molar-refractivity contribution in [1.82, 2.24) is 5.32 Å². The number of benzene rings is 2. The van der Waals surface area contributed by atoms with Crippen LogP contribution in [0, 0.1) is 5.82 Å². The summed E-state index contributed by atoms with van der Waals surface area (Å²) in [6, 6.07) is 17.8. The van der Waals surface area contributed by atoms with Crippen LogP contribution in [0.4, 0.5) is 10.1 Å². The van der Waals surface area contributed by atoms with Crippen LogP contribution >= 0.6 is 11.3 Å². The molecule has 2 aromatic carbocycles. The van der Waals surface area contributed by atoms with E-state index in [2.05, 4.69) is 5.32 Å². The maximum atomic E-state index is 14.9. The third kappa shape index (κ3) is 4.28. The molecule has 0 bridgehead atoms. The predicted octanol–water partition coefficient (Wildman–Crippen LogP) is 5.33. The minimum Gasteiger partial charge on any atom is -0.351 e. The van der Waals surface area contributed by atoms with E-state index in [0.717, 1.165) is 25.7 Å². The minimum atomic E-state index is -0.974. The van der Waals surface area contributed by atoms with Crippen LogP contribution in [-0.4, -0.2) is 17.9 Å². The van der Waals surface area contributed by atoms with E-state index in [1.807, 2.05) is 18.2 Å². The largest absolute Gasteiger partial charge is 0.351 e.